The molecule has 0 aromatic heterocycles. The molecule has 1 saturated heterocycles. The van der Waals surface area contributed by atoms with Crippen molar-refractivity contribution >= 4 is 23.4 Å². The molecular weight excluding hydrogens is 366 g/mol. The number of aryl methyl sites for hydroxylation is 2. The summed E-state index contributed by atoms with van der Waals surface area (Å²) in [5.74, 6) is 0.167. The van der Waals surface area contributed by atoms with E-state index in [2.05, 4.69) is 10.2 Å². The Balaban J connectivity index is 1.83. The number of amides is 1. The first kappa shape index (κ1) is 20.4. The average molecular weight is 391 g/mol. The molecule has 0 atom stereocenters. The predicted octanol–water partition coefficient (Wildman–Crippen LogP) is 3.69. The number of ether oxygens (including phenoxy) is 2. The largest absolute Gasteiger partial charge is 0.496 e. The topological polar surface area (TPSA) is 74.6 Å². The van der Waals surface area contributed by atoms with Crippen LogP contribution in [0.2, 0.25) is 0 Å². The number of carbonyl (C=O) groups excluding carboxylic acids is 1. The summed E-state index contributed by atoms with van der Waals surface area (Å²) in [6, 6.07) is 13.5. The molecule has 150 valence electrons. The molecule has 0 spiro atoms. The molecule has 3 rings (SSSR count). The van der Waals surface area contributed by atoms with Crippen LogP contribution in [0, 0.1) is 25.2 Å². The van der Waals surface area contributed by atoms with Crippen LogP contribution in [0.4, 0.5) is 11.4 Å². The number of hydrogen-bond donors (Lipinski definition) is 1. The third-order valence-corrected chi connectivity index (χ3v) is 4.89. The van der Waals surface area contributed by atoms with Gasteiger partial charge in [0.2, 0.25) is 0 Å². The number of benzene rings is 2. The van der Waals surface area contributed by atoms with Crippen LogP contribution in [0.15, 0.2) is 42.0 Å². The first-order chi connectivity index (χ1) is 14.0. The van der Waals surface area contributed by atoms with Crippen LogP contribution in [0.3, 0.4) is 0 Å². The fourth-order valence-corrected chi connectivity index (χ4v) is 3.28. The highest BCUT2D eigenvalue weighted by Crippen LogP contribution is 2.28. The lowest BCUT2D eigenvalue weighted by Crippen LogP contribution is -2.36. The lowest BCUT2D eigenvalue weighted by atomic mass is 10.1. The Morgan fingerprint density at radius 2 is 1.97 bits per heavy atom. The van der Waals surface area contributed by atoms with E-state index in [1.165, 1.54) is 0 Å². The monoisotopic (exact) mass is 391 g/mol. The molecule has 2 aromatic carbocycles. The number of methoxy groups -OCH3 is 1. The van der Waals surface area contributed by atoms with E-state index >= 15 is 0 Å². The summed E-state index contributed by atoms with van der Waals surface area (Å²) < 4.78 is 10.9. The van der Waals surface area contributed by atoms with Crippen LogP contribution in [0.1, 0.15) is 16.7 Å². The van der Waals surface area contributed by atoms with Crippen molar-refractivity contribution in [1.29, 1.82) is 5.26 Å². The van der Waals surface area contributed by atoms with Crippen molar-refractivity contribution in [1.82, 2.24) is 0 Å². The van der Waals surface area contributed by atoms with Crippen molar-refractivity contribution in [3.8, 4) is 11.8 Å². The quantitative estimate of drug-likeness (QED) is 0.621. The summed E-state index contributed by atoms with van der Waals surface area (Å²) in [6.45, 7) is 6.94. The van der Waals surface area contributed by atoms with Gasteiger partial charge in [0.25, 0.3) is 5.91 Å². The molecule has 1 aliphatic heterocycles. The zero-order valence-corrected chi connectivity index (χ0v) is 17.0. The summed E-state index contributed by atoms with van der Waals surface area (Å²) in [7, 11) is 1.58. The van der Waals surface area contributed by atoms with Crippen LogP contribution in [0.5, 0.6) is 5.75 Å². The van der Waals surface area contributed by atoms with Crippen LogP contribution in [-0.4, -0.2) is 39.3 Å². The molecule has 0 saturated carbocycles. The molecule has 0 unspecified atom stereocenters. The third-order valence-electron chi connectivity index (χ3n) is 4.89. The van der Waals surface area contributed by atoms with Gasteiger partial charge in [-0.15, -0.1) is 0 Å². The predicted molar refractivity (Wildman–Crippen MR) is 114 cm³/mol. The van der Waals surface area contributed by atoms with E-state index in [0.29, 0.717) is 30.2 Å². The fraction of sp³-hybridized carbons (Fsp3) is 0.304. The molecule has 0 radical (unpaired) electrons. The van der Waals surface area contributed by atoms with Gasteiger partial charge in [-0.3, -0.25) is 4.79 Å². The molecule has 1 aliphatic rings. The summed E-state index contributed by atoms with van der Waals surface area (Å²) in [6.07, 6.45) is 1.56. The Hall–Kier alpha value is -3.30. The van der Waals surface area contributed by atoms with E-state index in [1.807, 2.05) is 56.3 Å². The van der Waals surface area contributed by atoms with Crippen molar-refractivity contribution in [2.24, 2.45) is 0 Å². The maximum Gasteiger partial charge on any atom is 0.266 e. The van der Waals surface area contributed by atoms with Crippen LogP contribution in [-0.2, 0) is 9.53 Å². The van der Waals surface area contributed by atoms with Crippen molar-refractivity contribution in [3.63, 3.8) is 0 Å². The van der Waals surface area contributed by atoms with Crippen molar-refractivity contribution in [2.75, 3.05) is 43.6 Å². The first-order valence-corrected chi connectivity index (χ1v) is 9.53. The molecule has 1 amide bonds. The maximum atomic E-state index is 12.6. The number of rotatable bonds is 5. The molecule has 1 fully saturated rings. The van der Waals surface area contributed by atoms with Crippen LogP contribution < -0.4 is 15.0 Å². The number of hydrogen-bond acceptors (Lipinski definition) is 5. The van der Waals surface area contributed by atoms with Crippen LogP contribution in [0.25, 0.3) is 6.08 Å². The molecule has 29 heavy (non-hydrogen) atoms. The summed E-state index contributed by atoms with van der Waals surface area (Å²) in [5, 5.41) is 12.3. The minimum absolute atomic E-state index is 0.0161. The number of carbonyl (C=O) groups is 1. The third kappa shape index (κ3) is 4.95. The second-order valence-electron chi connectivity index (χ2n) is 6.97. The highest BCUT2D eigenvalue weighted by molar-refractivity contribution is 6.10. The Morgan fingerprint density at radius 1 is 1.21 bits per heavy atom. The smallest absolute Gasteiger partial charge is 0.266 e. The summed E-state index contributed by atoms with van der Waals surface area (Å²) >= 11 is 0. The Bertz CT molecular complexity index is 970. The van der Waals surface area contributed by atoms with Gasteiger partial charge in [0.1, 0.15) is 17.4 Å². The Kier molecular flexibility index (Phi) is 6.53. The number of nitrogens with zero attached hydrogens (tertiary/aromatic N) is 2. The molecule has 2 aromatic rings. The SMILES string of the molecule is COc1cc(N2CCOCC2)ccc1/C=C(/C#N)C(=O)Nc1ccc(C)cc1C. The van der Waals surface area contributed by atoms with Gasteiger partial charge in [-0.2, -0.15) is 5.26 Å². The van der Waals surface area contributed by atoms with Gasteiger partial charge in [0.05, 0.1) is 20.3 Å². The normalized spacial score (nSPS) is 14.3. The fourth-order valence-electron chi connectivity index (χ4n) is 3.28. The molecule has 1 heterocycles. The van der Waals surface area contributed by atoms with Gasteiger partial charge in [-0.05, 0) is 43.7 Å². The molecule has 6 heteroatoms. The summed E-state index contributed by atoms with van der Waals surface area (Å²) in [4.78, 5) is 14.9. The number of morpholine rings is 1. The van der Waals surface area contributed by atoms with E-state index in [9.17, 15) is 10.1 Å². The second-order valence-corrected chi connectivity index (χ2v) is 6.97. The standard InChI is InChI=1S/C23H25N3O3/c1-16-4-7-21(17(2)12-16)25-23(27)19(15-24)13-18-5-6-20(14-22(18)28-3)26-8-10-29-11-9-26/h4-7,12-14H,8-11H2,1-3H3,(H,25,27)/b19-13-. The summed E-state index contributed by atoms with van der Waals surface area (Å²) in [5.41, 5.74) is 4.47. The molecule has 6 nitrogen and oxygen atoms in total. The Labute approximate surface area is 171 Å². The minimum Gasteiger partial charge on any atom is -0.496 e. The number of anilines is 2. The van der Waals surface area contributed by atoms with Gasteiger partial charge >= 0.3 is 0 Å². The van der Waals surface area contributed by atoms with Crippen molar-refractivity contribution in [2.45, 2.75) is 13.8 Å². The van der Waals surface area contributed by atoms with E-state index in [0.717, 1.165) is 29.9 Å². The van der Waals surface area contributed by atoms with Gasteiger partial charge in [0.15, 0.2) is 0 Å². The van der Waals surface area contributed by atoms with E-state index in [1.54, 1.807) is 13.2 Å². The zero-order valence-electron chi connectivity index (χ0n) is 17.0. The van der Waals surface area contributed by atoms with E-state index in [4.69, 9.17) is 9.47 Å². The molecular formula is C23H25N3O3. The number of nitriles is 1. The van der Waals surface area contributed by atoms with E-state index in [-0.39, 0.29) is 5.57 Å². The molecule has 0 aliphatic carbocycles. The zero-order chi connectivity index (χ0) is 20.8. The van der Waals surface area contributed by atoms with Gasteiger partial charge in [-0.1, -0.05) is 17.7 Å². The Morgan fingerprint density at radius 3 is 2.62 bits per heavy atom. The van der Waals surface area contributed by atoms with Gasteiger partial charge in [-0.25, -0.2) is 0 Å². The van der Waals surface area contributed by atoms with Gasteiger partial charge in [0, 0.05) is 36.1 Å². The minimum atomic E-state index is -0.446. The molecule has 1 N–H and O–H groups in total. The lowest BCUT2D eigenvalue weighted by Gasteiger charge is -2.29. The van der Waals surface area contributed by atoms with Crippen molar-refractivity contribution < 1.29 is 14.3 Å². The highest BCUT2D eigenvalue weighted by atomic mass is 16.5. The second kappa shape index (κ2) is 9.26. The lowest BCUT2D eigenvalue weighted by molar-refractivity contribution is -0.112. The van der Waals surface area contributed by atoms with E-state index < -0.39 is 5.91 Å². The highest BCUT2D eigenvalue weighted by Gasteiger charge is 2.15. The molecule has 0 bridgehead atoms. The number of nitrogens with one attached hydrogen (secondary N) is 1. The van der Waals surface area contributed by atoms with Gasteiger partial charge < -0.3 is 19.7 Å². The maximum absolute atomic E-state index is 12.6. The first-order valence-electron chi connectivity index (χ1n) is 9.53. The average Bonchev–Trinajstić information content (AvgIpc) is 2.74. The van der Waals surface area contributed by atoms with Crippen molar-refractivity contribution in [3.05, 3.63) is 58.7 Å². The van der Waals surface area contributed by atoms with Crippen LogP contribution >= 0.6 is 0 Å².